The lowest BCUT2D eigenvalue weighted by atomic mass is 10.1. The average molecular weight is 240 g/mol. The molecule has 0 saturated carbocycles. The number of quaternary nitrogens is 1. The number of hydrogen-bond donors (Lipinski definition) is 1. The van der Waals surface area contributed by atoms with Gasteiger partial charge in [-0.1, -0.05) is 0 Å². The number of hydrogen-bond acceptors (Lipinski definition) is 2. The van der Waals surface area contributed by atoms with Gasteiger partial charge in [-0.2, -0.15) is 13.2 Å². The second-order valence-corrected chi connectivity index (χ2v) is 4.23. The van der Waals surface area contributed by atoms with Crippen LogP contribution in [0.15, 0.2) is 0 Å². The van der Waals surface area contributed by atoms with Gasteiger partial charge in [0.25, 0.3) is 5.91 Å². The summed E-state index contributed by atoms with van der Waals surface area (Å²) in [6.07, 6.45) is 0. The van der Waals surface area contributed by atoms with E-state index in [9.17, 15) is 18.0 Å². The van der Waals surface area contributed by atoms with Crippen LogP contribution in [0.1, 0.15) is 0 Å². The predicted octanol–water partition coefficient (Wildman–Crippen LogP) is -0.204. The number of carbonyl (C=O) groups is 1. The van der Waals surface area contributed by atoms with Crippen LogP contribution in [0.2, 0.25) is 0 Å². The maximum absolute atomic E-state index is 10.8. The second-order valence-electron chi connectivity index (χ2n) is 4.23. The molecule has 0 aromatic rings. The number of rotatable bonds is 2. The number of nitrogens with two attached hydrogens (primary N) is 1. The molecule has 3 heterocycles. The van der Waals surface area contributed by atoms with E-state index in [1.807, 2.05) is 0 Å². The molecule has 0 aliphatic carbocycles. The highest BCUT2D eigenvalue weighted by atomic mass is 19.4. The minimum Gasteiger partial charge on any atom is -0.365 e. The van der Waals surface area contributed by atoms with Crippen LogP contribution in [-0.4, -0.2) is 67.8 Å². The molecule has 0 aromatic carbocycles. The third kappa shape index (κ3) is 3.97. The topological polar surface area (TPSA) is 46.3 Å². The van der Waals surface area contributed by atoms with Crippen LogP contribution in [0.5, 0.6) is 0 Å². The number of carbonyl (C=O) groups excluding carboxylic acids is 1. The number of alkyl halides is 3. The Morgan fingerprint density at radius 3 is 1.88 bits per heavy atom. The zero-order valence-electron chi connectivity index (χ0n) is 9.04. The summed E-state index contributed by atoms with van der Waals surface area (Å²) in [4.78, 5) is 13.3. The molecule has 2 N–H and O–H groups in total. The Kier molecular flexibility index (Phi) is 4.55. The Morgan fingerprint density at radius 1 is 1.19 bits per heavy atom. The highest BCUT2D eigenvalue weighted by Crippen LogP contribution is 2.18. The van der Waals surface area contributed by atoms with E-state index in [1.165, 1.54) is 0 Å². The maximum Gasteiger partial charge on any atom is 0.379 e. The molecule has 3 rings (SSSR count). The van der Waals surface area contributed by atoms with Gasteiger partial charge in [-0.25, -0.2) is 0 Å². The van der Waals surface area contributed by atoms with Gasteiger partial charge in [-0.05, 0) is 0 Å². The Labute approximate surface area is 92.4 Å². The van der Waals surface area contributed by atoms with Crippen LogP contribution in [0, 0.1) is 0 Å². The van der Waals surface area contributed by atoms with Gasteiger partial charge in [0.2, 0.25) is 0 Å². The number of piperazine rings is 3. The van der Waals surface area contributed by atoms with Gasteiger partial charge in [0.1, 0.15) is 0 Å². The molecule has 3 saturated heterocycles. The lowest BCUT2D eigenvalue weighted by Crippen LogP contribution is -2.68. The third-order valence-corrected chi connectivity index (χ3v) is 3.16. The molecule has 3 aliphatic rings. The van der Waals surface area contributed by atoms with Crippen molar-refractivity contribution in [3.63, 3.8) is 0 Å². The standard InChI is InChI=1S/C8H15N3O.CHF3/c9-8(12)7-11-4-1-10(2-5-11)3-6-11;2-1(3)4/h1-7H2,(H-,9,12);1H/p+1. The molecule has 1 amide bonds. The summed E-state index contributed by atoms with van der Waals surface area (Å²) in [7, 11) is 0. The molecule has 4 nitrogen and oxygen atoms in total. The van der Waals surface area contributed by atoms with Crippen molar-refractivity contribution in [2.75, 3.05) is 45.8 Å². The average Bonchev–Trinajstić information content (AvgIpc) is 2.17. The SMILES string of the molecule is FC(F)F.NC(=O)C[N+]12CCN(CC1)CC2. The summed E-state index contributed by atoms with van der Waals surface area (Å²) in [5, 5.41) is 0. The fraction of sp³-hybridized carbons (Fsp3) is 0.889. The first-order valence-electron chi connectivity index (χ1n) is 5.21. The van der Waals surface area contributed by atoms with Gasteiger partial charge >= 0.3 is 6.68 Å². The van der Waals surface area contributed by atoms with Crippen LogP contribution in [0.3, 0.4) is 0 Å². The monoisotopic (exact) mass is 240 g/mol. The van der Waals surface area contributed by atoms with Crippen molar-refractivity contribution in [2.24, 2.45) is 5.73 Å². The van der Waals surface area contributed by atoms with Crippen molar-refractivity contribution in [1.82, 2.24) is 4.90 Å². The predicted molar refractivity (Wildman–Crippen MR) is 52.5 cm³/mol. The number of nitrogens with zero attached hydrogens (tertiary/aromatic N) is 2. The zero-order valence-corrected chi connectivity index (χ0v) is 9.04. The zero-order chi connectivity index (χ0) is 12.2. The lowest BCUT2D eigenvalue weighted by molar-refractivity contribution is -0.933. The van der Waals surface area contributed by atoms with Gasteiger partial charge in [-0.3, -0.25) is 9.69 Å². The van der Waals surface area contributed by atoms with Crippen molar-refractivity contribution in [3.05, 3.63) is 0 Å². The summed E-state index contributed by atoms with van der Waals surface area (Å²) in [5.41, 5.74) is 5.23. The van der Waals surface area contributed by atoms with Gasteiger partial charge in [-0.15, -0.1) is 0 Å². The van der Waals surface area contributed by atoms with E-state index in [4.69, 9.17) is 5.73 Å². The van der Waals surface area contributed by atoms with Crippen molar-refractivity contribution in [2.45, 2.75) is 6.68 Å². The third-order valence-electron chi connectivity index (χ3n) is 3.16. The number of primary amides is 1. The molecular weight excluding hydrogens is 223 g/mol. The Hall–Kier alpha value is -0.820. The second kappa shape index (κ2) is 5.49. The van der Waals surface area contributed by atoms with E-state index >= 15 is 0 Å². The maximum atomic E-state index is 10.8. The normalized spacial score (nSPS) is 32.1. The highest BCUT2D eigenvalue weighted by Gasteiger charge is 2.39. The first kappa shape index (κ1) is 13.2. The van der Waals surface area contributed by atoms with Gasteiger partial charge in [0.05, 0.1) is 19.6 Å². The summed E-state index contributed by atoms with van der Waals surface area (Å²) >= 11 is 0. The number of fused-ring (bicyclic) bond motifs is 3. The Balaban J connectivity index is 0.000000280. The summed E-state index contributed by atoms with van der Waals surface area (Å²) in [6.45, 7) is 3.66. The van der Waals surface area contributed by atoms with Crippen molar-refractivity contribution < 1.29 is 22.4 Å². The number of amides is 1. The van der Waals surface area contributed by atoms with Crippen molar-refractivity contribution >= 4 is 5.91 Å². The van der Waals surface area contributed by atoms with Gasteiger partial charge < -0.3 is 10.2 Å². The fourth-order valence-corrected chi connectivity index (χ4v) is 2.30. The van der Waals surface area contributed by atoms with Crippen molar-refractivity contribution in [1.29, 1.82) is 0 Å². The van der Waals surface area contributed by atoms with Crippen LogP contribution < -0.4 is 5.73 Å². The molecule has 3 fully saturated rings. The minimum atomic E-state index is -3.67. The molecule has 7 heteroatoms. The molecule has 2 bridgehead atoms. The first-order chi connectivity index (χ1) is 7.43. The van der Waals surface area contributed by atoms with Crippen molar-refractivity contribution in [3.8, 4) is 0 Å². The molecule has 0 spiro atoms. The van der Waals surface area contributed by atoms with E-state index in [1.54, 1.807) is 0 Å². The van der Waals surface area contributed by atoms with E-state index in [0.29, 0.717) is 6.54 Å². The number of halogens is 3. The minimum absolute atomic E-state index is 0.148. The van der Waals surface area contributed by atoms with Crippen LogP contribution >= 0.6 is 0 Å². The summed E-state index contributed by atoms with van der Waals surface area (Å²) < 4.78 is 30.0. The molecule has 0 atom stereocenters. The summed E-state index contributed by atoms with van der Waals surface area (Å²) in [5.74, 6) is -0.148. The largest absolute Gasteiger partial charge is 0.379 e. The molecule has 0 unspecified atom stereocenters. The van der Waals surface area contributed by atoms with E-state index < -0.39 is 6.68 Å². The van der Waals surface area contributed by atoms with Crippen LogP contribution in [0.4, 0.5) is 13.2 Å². The van der Waals surface area contributed by atoms with E-state index in [2.05, 4.69) is 4.90 Å². The molecule has 0 aromatic heterocycles. The van der Waals surface area contributed by atoms with Gasteiger partial charge in [0.15, 0.2) is 6.54 Å². The fourth-order valence-electron chi connectivity index (χ4n) is 2.30. The quantitative estimate of drug-likeness (QED) is 0.679. The smallest absolute Gasteiger partial charge is 0.365 e. The Bertz CT molecular complexity index is 226. The Morgan fingerprint density at radius 2 is 1.56 bits per heavy atom. The molecule has 0 radical (unpaired) electrons. The highest BCUT2D eigenvalue weighted by molar-refractivity contribution is 5.74. The molecule has 16 heavy (non-hydrogen) atoms. The first-order valence-corrected chi connectivity index (χ1v) is 5.21. The van der Waals surface area contributed by atoms with Crippen LogP contribution in [-0.2, 0) is 4.79 Å². The molecular formula is C9H17F3N3O+. The van der Waals surface area contributed by atoms with E-state index in [0.717, 1.165) is 43.8 Å². The molecule has 94 valence electrons. The van der Waals surface area contributed by atoms with Crippen LogP contribution in [0.25, 0.3) is 0 Å². The molecule has 3 aliphatic heterocycles. The summed E-state index contributed by atoms with van der Waals surface area (Å²) in [6, 6.07) is 0. The lowest BCUT2D eigenvalue weighted by Gasteiger charge is -2.49. The van der Waals surface area contributed by atoms with E-state index in [-0.39, 0.29) is 5.91 Å². The van der Waals surface area contributed by atoms with Gasteiger partial charge in [0, 0.05) is 19.6 Å².